The summed E-state index contributed by atoms with van der Waals surface area (Å²) in [4.78, 5) is 22.6. The van der Waals surface area contributed by atoms with Crippen LogP contribution >= 0.6 is 11.6 Å². The lowest BCUT2D eigenvalue weighted by atomic mass is 9.88. The van der Waals surface area contributed by atoms with Gasteiger partial charge in [0, 0.05) is 11.4 Å². The Morgan fingerprint density at radius 1 is 1.56 bits per heavy atom. The number of ether oxygens (including phenoxy) is 1. The molecule has 96 valence electrons. The van der Waals surface area contributed by atoms with Gasteiger partial charge < -0.3 is 9.84 Å². The fourth-order valence-corrected chi connectivity index (χ4v) is 2.23. The number of hydrogen-bond donors (Lipinski definition) is 1. The van der Waals surface area contributed by atoms with Gasteiger partial charge in [-0.15, -0.1) is 0 Å². The normalized spacial score (nSPS) is 22.2. The first-order chi connectivity index (χ1) is 8.39. The zero-order valence-corrected chi connectivity index (χ0v) is 10.7. The molecule has 0 saturated carbocycles. The van der Waals surface area contributed by atoms with Gasteiger partial charge in [0.15, 0.2) is 5.78 Å². The number of hydrogen-bond acceptors (Lipinski definition) is 3. The quantitative estimate of drug-likeness (QED) is 0.915. The van der Waals surface area contributed by atoms with Crippen molar-refractivity contribution in [1.82, 2.24) is 0 Å². The molecule has 0 bridgehead atoms. The van der Waals surface area contributed by atoms with Crippen LogP contribution in [0.5, 0.6) is 5.75 Å². The minimum Gasteiger partial charge on any atom is -0.486 e. The van der Waals surface area contributed by atoms with E-state index < -0.39 is 11.6 Å². The van der Waals surface area contributed by atoms with Crippen LogP contribution in [-0.4, -0.2) is 22.5 Å². The second-order valence-electron chi connectivity index (χ2n) is 4.69. The van der Waals surface area contributed by atoms with Gasteiger partial charge >= 0.3 is 5.97 Å². The molecule has 0 saturated heterocycles. The maximum absolute atomic E-state index is 12.0. The third-order valence-electron chi connectivity index (χ3n) is 3.00. The van der Waals surface area contributed by atoms with Gasteiger partial charge in [-0.25, -0.2) is 0 Å². The lowest BCUT2D eigenvalue weighted by Gasteiger charge is -2.34. The summed E-state index contributed by atoms with van der Waals surface area (Å²) in [5.41, 5.74) is -0.286. The van der Waals surface area contributed by atoms with E-state index in [4.69, 9.17) is 21.4 Å². The molecule has 1 aliphatic rings. The largest absolute Gasteiger partial charge is 0.486 e. The van der Waals surface area contributed by atoms with E-state index in [9.17, 15) is 9.59 Å². The van der Waals surface area contributed by atoms with Crippen LogP contribution in [-0.2, 0) is 4.79 Å². The fraction of sp³-hybridized carbons (Fsp3) is 0.385. The number of carboxylic acid groups (broad SMARTS) is 1. The van der Waals surface area contributed by atoms with Crippen LogP contribution in [0.1, 0.15) is 36.5 Å². The Morgan fingerprint density at radius 2 is 2.28 bits per heavy atom. The van der Waals surface area contributed by atoms with Gasteiger partial charge in [0.25, 0.3) is 0 Å². The number of carbonyl (C=O) groups excluding carboxylic acids is 1. The SMILES string of the molecule is CC1(CCC(=O)O)CC(=O)c2cc(Cl)ccc2O1. The molecular weight excluding hydrogens is 256 g/mol. The summed E-state index contributed by atoms with van der Waals surface area (Å²) in [6, 6.07) is 4.88. The van der Waals surface area contributed by atoms with Crippen molar-refractivity contribution in [3.05, 3.63) is 28.8 Å². The molecule has 1 heterocycles. The van der Waals surface area contributed by atoms with Gasteiger partial charge in [0.05, 0.1) is 12.0 Å². The molecule has 1 aliphatic heterocycles. The molecule has 0 amide bonds. The highest BCUT2D eigenvalue weighted by molar-refractivity contribution is 6.31. The van der Waals surface area contributed by atoms with Crippen molar-refractivity contribution in [2.75, 3.05) is 0 Å². The summed E-state index contributed by atoms with van der Waals surface area (Å²) in [6.45, 7) is 1.76. The van der Waals surface area contributed by atoms with Gasteiger partial charge in [0.2, 0.25) is 0 Å². The number of ketones is 1. The highest BCUT2D eigenvalue weighted by Crippen LogP contribution is 2.36. The molecule has 0 spiro atoms. The van der Waals surface area contributed by atoms with Gasteiger partial charge in [0.1, 0.15) is 11.4 Å². The number of carbonyl (C=O) groups is 2. The van der Waals surface area contributed by atoms with Crippen LogP contribution < -0.4 is 4.74 Å². The van der Waals surface area contributed by atoms with Crippen molar-refractivity contribution in [1.29, 1.82) is 0 Å². The molecule has 18 heavy (non-hydrogen) atoms. The van der Waals surface area contributed by atoms with Crippen molar-refractivity contribution in [3.8, 4) is 5.75 Å². The minimum absolute atomic E-state index is 0.0211. The zero-order valence-electron chi connectivity index (χ0n) is 9.90. The van der Waals surface area contributed by atoms with E-state index in [0.29, 0.717) is 22.8 Å². The van der Waals surface area contributed by atoms with Crippen LogP contribution in [0.3, 0.4) is 0 Å². The standard InChI is InChI=1S/C13H13ClO4/c1-13(5-4-12(16)17)7-10(15)9-6-8(14)2-3-11(9)18-13/h2-3,6H,4-5,7H2,1H3,(H,16,17). The first-order valence-corrected chi connectivity index (χ1v) is 6.01. The molecule has 4 nitrogen and oxygen atoms in total. The van der Waals surface area contributed by atoms with E-state index in [1.807, 2.05) is 0 Å². The molecular formula is C13H13ClO4. The summed E-state index contributed by atoms with van der Waals surface area (Å²) in [5, 5.41) is 9.18. The van der Waals surface area contributed by atoms with E-state index >= 15 is 0 Å². The van der Waals surface area contributed by atoms with Crippen molar-refractivity contribution in [3.63, 3.8) is 0 Å². The van der Waals surface area contributed by atoms with E-state index in [-0.39, 0.29) is 18.6 Å². The molecule has 0 fully saturated rings. The molecule has 1 aromatic rings. The van der Waals surface area contributed by atoms with Gasteiger partial charge in [-0.3, -0.25) is 9.59 Å². The lowest BCUT2D eigenvalue weighted by molar-refractivity contribution is -0.138. The zero-order chi connectivity index (χ0) is 13.3. The maximum atomic E-state index is 12.0. The Kier molecular flexibility index (Phi) is 3.30. The highest BCUT2D eigenvalue weighted by atomic mass is 35.5. The van der Waals surface area contributed by atoms with Gasteiger partial charge in [-0.2, -0.15) is 0 Å². The molecule has 0 aliphatic carbocycles. The van der Waals surface area contributed by atoms with Crippen molar-refractivity contribution in [2.45, 2.75) is 31.8 Å². The second kappa shape index (κ2) is 4.61. The summed E-state index contributed by atoms with van der Waals surface area (Å²) in [7, 11) is 0. The molecule has 0 aromatic heterocycles. The van der Waals surface area contributed by atoms with E-state index in [2.05, 4.69) is 0 Å². The van der Waals surface area contributed by atoms with Gasteiger partial charge in [-0.1, -0.05) is 11.6 Å². The molecule has 0 radical (unpaired) electrons. The van der Waals surface area contributed by atoms with E-state index in [1.165, 1.54) is 0 Å². The van der Waals surface area contributed by atoms with Crippen LogP contribution in [0, 0.1) is 0 Å². The van der Waals surface area contributed by atoms with E-state index in [0.717, 1.165) is 0 Å². The number of Topliss-reactive ketones (excluding diaryl/α,β-unsaturated/α-hetero) is 1. The van der Waals surface area contributed by atoms with Gasteiger partial charge in [-0.05, 0) is 31.5 Å². The Hall–Kier alpha value is -1.55. The second-order valence-corrected chi connectivity index (χ2v) is 5.12. The van der Waals surface area contributed by atoms with Crippen LogP contribution in [0.25, 0.3) is 0 Å². The predicted octanol–water partition coefficient (Wildman–Crippen LogP) is 2.93. The summed E-state index contributed by atoms with van der Waals surface area (Å²) >= 11 is 5.83. The number of halogens is 1. The van der Waals surface area contributed by atoms with Crippen molar-refractivity contribution >= 4 is 23.4 Å². The first kappa shape index (κ1) is 12.9. The predicted molar refractivity (Wildman–Crippen MR) is 66.3 cm³/mol. The van der Waals surface area contributed by atoms with Crippen LogP contribution in [0.2, 0.25) is 5.02 Å². The Balaban J connectivity index is 2.24. The first-order valence-electron chi connectivity index (χ1n) is 5.63. The number of carboxylic acids is 1. The van der Waals surface area contributed by atoms with Crippen LogP contribution in [0.4, 0.5) is 0 Å². The highest BCUT2D eigenvalue weighted by Gasteiger charge is 2.36. The van der Waals surface area contributed by atoms with Crippen molar-refractivity contribution < 1.29 is 19.4 Å². The average molecular weight is 269 g/mol. The Morgan fingerprint density at radius 3 is 2.94 bits per heavy atom. The summed E-state index contributed by atoms with van der Waals surface area (Å²) in [5.74, 6) is -0.482. The average Bonchev–Trinajstić information content (AvgIpc) is 2.28. The number of benzene rings is 1. The monoisotopic (exact) mass is 268 g/mol. The molecule has 5 heteroatoms. The molecule has 1 atom stereocenters. The molecule has 1 unspecified atom stereocenters. The van der Waals surface area contributed by atoms with E-state index in [1.54, 1.807) is 25.1 Å². The lowest BCUT2D eigenvalue weighted by Crippen LogP contribution is -2.39. The fourth-order valence-electron chi connectivity index (χ4n) is 2.06. The number of aliphatic carboxylic acids is 1. The third-order valence-corrected chi connectivity index (χ3v) is 3.24. The Labute approximate surface area is 110 Å². The maximum Gasteiger partial charge on any atom is 0.303 e. The topological polar surface area (TPSA) is 63.6 Å². The molecule has 2 rings (SSSR count). The smallest absolute Gasteiger partial charge is 0.303 e. The number of rotatable bonds is 3. The van der Waals surface area contributed by atoms with Crippen LogP contribution in [0.15, 0.2) is 18.2 Å². The Bertz CT molecular complexity index is 512. The molecule has 1 N–H and O–H groups in total. The number of fused-ring (bicyclic) bond motifs is 1. The minimum atomic E-state index is -0.894. The molecule has 1 aromatic carbocycles. The third kappa shape index (κ3) is 2.64. The summed E-state index contributed by atoms with van der Waals surface area (Å²) in [6.07, 6.45) is 0.455. The van der Waals surface area contributed by atoms with Crippen molar-refractivity contribution in [2.24, 2.45) is 0 Å². The summed E-state index contributed by atoms with van der Waals surface area (Å²) < 4.78 is 5.75.